The van der Waals surface area contributed by atoms with Gasteiger partial charge in [-0.25, -0.2) is 0 Å². The zero-order valence-corrected chi connectivity index (χ0v) is 13.3. The number of ether oxygens (including phenoxy) is 2. The van der Waals surface area contributed by atoms with Crippen molar-refractivity contribution in [3.8, 4) is 11.5 Å². The standard InChI is InChI=1S/C15H24N2O2S/c1-4-6-9-19-13-8-7-12(10-14(13)18-3)11-17-15(20)16-5-2/h7-8,10H,4-6,9,11H2,1-3H3,(H2,16,17,20). The zero-order chi connectivity index (χ0) is 14.8. The zero-order valence-electron chi connectivity index (χ0n) is 12.5. The first-order chi connectivity index (χ1) is 9.71. The maximum absolute atomic E-state index is 5.70. The van der Waals surface area contributed by atoms with Crippen LogP contribution in [0.1, 0.15) is 32.3 Å². The average molecular weight is 296 g/mol. The van der Waals surface area contributed by atoms with Crippen LogP contribution in [0.4, 0.5) is 0 Å². The highest BCUT2D eigenvalue weighted by Crippen LogP contribution is 2.28. The van der Waals surface area contributed by atoms with Crippen LogP contribution in [0.5, 0.6) is 11.5 Å². The summed E-state index contributed by atoms with van der Waals surface area (Å²) < 4.78 is 11.1. The molecule has 1 aromatic carbocycles. The van der Waals surface area contributed by atoms with Gasteiger partial charge in [0.05, 0.1) is 13.7 Å². The van der Waals surface area contributed by atoms with Gasteiger partial charge in [-0.05, 0) is 43.3 Å². The van der Waals surface area contributed by atoms with Crippen molar-refractivity contribution >= 4 is 17.3 Å². The van der Waals surface area contributed by atoms with E-state index < -0.39 is 0 Å². The van der Waals surface area contributed by atoms with Crippen LogP contribution in [0.2, 0.25) is 0 Å². The molecule has 0 bridgehead atoms. The van der Waals surface area contributed by atoms with E-state index in [-0.39, 0.29) is 0 Å². The van der Waals surface area contributed by atoms with Crippen molar-refractivity contribution < 1.29 is 9.47 Å². The van der Waals surface area contributed by atoms with Crippen molar-refractivity contribution in [1.29, 1.82) is 0 Å². The molecule has 0 saturated heterocycles. The van der Waals surface area contributed by atoms with E-state index in [1.165, 1.54) is 0 Å². The number of methoxy groups -OCH3 is 1. The first-order valence-electron chi connectivity index (χ1n) is 7.02. The van der Waals surface area contributed by atoms with E-state index >= 15 is 0 Å². The topological polar surface area (TPSA) is 42.5 Å². The second-order valence-corrected chi connectivity index (χ2v) is 4.81. The Balaban J connectivity index is 2.59. The molecule has 2 N–H and O–H groups in total. The molecule has 0 unspecified atom stereocenters. The molecular weight excluding hydrogens is 272 g/mol. The Morgan fingerprint density at radius 1 is 1.20 bits per heavy atom. The summed E-state index contributed by atoms with van der Waals surface area (Å²) in [5.41, 5.74) is 1.10. The Morgan fingerprint density at radius 2 is 2.00 bits per heavy atom. The Hall–Kier alpha value is -1.49. The molecule has 112 valence electrons. The number of thiocarbonyl (C=S) groups is 1. The molecule has 0 spiro atoms. The van der Waals surface area contributed by atoms with Crippen molar-refractivity contribution in [2.45, 2.75) is 33.2 Å². The van der Waals surface area contributed by atoms with Crippen LogP contribution in [0.15, 0.2) is 18.2 Å². The second kappa shape index (κ2) is 9.42. The molecule has 5 heteroatoms. The van der Waals surface area contributed by atoms with Gasteiger partial charge < -0.3 is 20.1 Å². The Morgan fingerprint density at radius 3 is 2.65 bits per heavy atom. The highest BCUT2D eigenvalue weighted by atomic mass is 32.1. The monoisotopic (exact) mass is 296 g/mol. The van der Waals surface area contributed by atoms with Gasteiger partial charge in [-0.2, -0.15) is 0 Å². The van der Waals surface area contributed by atoms with E-state index in [9.17, 15) is 0 Å². The van der Waals surface area contributed by atoms with E-state index in [4.69, 9.17) is 21.7 Å². The predicted molar refractivity (Wildman–Crippen MR) is 86.5 cm³/mol. The second-order valence-electron chi connectivity index (χ2n) is 4.40. The van der Waals surface area contributed by atoms with E-state index in [0.717, 1.165) is 43.1 Å². The molecule has 1 rings (SSSR count). The molecule has 0 heterocycles. The Kier molecular flexibility index (Phi) is 7.80. The lowest BCUT2D eigenvalue weighted by Crippen LogP contribution is -2.34. The first-order valence-corrected chi connectivity index (χ1v) is 7.43. The van der Waals surface area contributed by atoms with Crippen LogP contribution in [0.3, 0.4) is 0 Å². The number of hydrogen-bond donors (Lipinski definition) is 2. The van der Waals surface area contributed by atoms with Gasteiger partial charge in [-0.15, -0.1) is 0 Å². The summed E-state index contributed by atoms with van der Waals surface area (Å²) in [6.45, 7) is 6.35. The van der Waals surface area contributed by atoms with Crippen LogP contribution in [0.25, 0.3) is 0 Å². The number of benzene rings is 1. The van der Waals surface area contributed by atoms with Gasteiger partial charge in [0.25, 0.3) is 0 Å². The highest BCUT2D eigenvalue weighted by molar-refractivity contribution is 7.80. The number of nitrogens with one attached hydrogen (secondary N) is 2. The molecule has 0 saturated carbocycles. The summed E-state index contributed by atoms with van der Waals surface area (Å²) in [4.78, 5) is 0. The quantitative estimate of drug-likeness (QED) is 0.570. The molecule has 0 atom stereocenters. The molecule has 0 aliphatic rings. The lowest BCUT2D eigenvalue weighted by molar-refractivity contribution is 0.288. The van der Waals surface area contributed by atoms with Crippen molar-refractivity contribution in [2.75, 3.05) is 20.3 Å². The Bertz CT molecular complexity index is 424. The molecule has 0 radical (unpaired) electrons. The molecule has 0 aromatic heterocycles. The maximum atomic E-state index is 5.70. The molecule has 1 aromatic rings. The van der Waals surface area contributed by atoms with Gasteiger partial charge in [0.1, 0.15) is 0 Å². The summed E-state index contributed by atoms with van der Waals surface area (Å²) in [5.74, 6) is 1.55. The van der Waals surface area contributed by atoms with E-state index in [1.807, 2.05) is 25.1 Å². The number of rotatable bonds is 8. The van der Waals surface area contributed by atoms with Gasteiger partial charge in [-0.3, -0.25) is 0 Å². The molecule has 0 amide bonds. The smallest absolute Gasteiger partial charge is 0.166 e. The lowest BCUT2D eigenvalue weighted by Gasteiger charge is -2.13. The Labute approximate surface area is 126 Å². The molecule has 4 nitrogen and oxygen atoms in total. The summed E-state index contributed by atoms with van der Waals surface area (Å²) in [6, 6.07) is 5.94. The minimum absolute atomic E-state index is 0.662. The number of hydrogen-bond acceptors (Lipinski definition) is 3. The van der Waals surface area contributed by atoms with Crippen LogP contribution in [-0.4, -0.2) is 25.4 Å². The van der Waals surface area contributed by atoms with E-state index in [0.29, 0.717) is 11.7 Å². The van der Waals surface area contributed by atoms with Crippen LogP contribution in [-0.2, 0) is 6.54 Å². The third-order valence-corrected chi connectivity index (χ3v) is 3.06. The van der Waals surface area contributed by atoms with Gasteiger partial charge in [0, 0.05) is 13.1 Å². The fraction of sp³-hybridized carbons (Fsp3) is 0.533. The normalized spacial score (nSPS) is 9.95. The third-order valence-electron chi connectivity index (χ3n) is 2.77. The van der Waals surface area contributed by atoms with Crippen molar-refractivity contribution in [2.24, 2.45) is 0 Å². The van der Waals surface area contributed by atoms with Crippen molar-refractivity contribution in [3.05, 3.63) is 23.8 Å². The molecule has 20 heavy (non-hydrogen) atoms. The molecular formula is C15H24N2O2S. The molecule has 0 fully saturated rings. The highest BCUT2D eigenvalue weighted by Gasteiger charge is 2.06. The van der Waals surface area contributed by atoms with Crippen molar-refractivity contribution in [1.82, 2.24) is 10.6 Å². The average Bonchev–Trinajstić information content (AvgIpc) is 2.46. The minimum Gasteiger partial charge on any atom is -0.493 e. The summed E-state index contributed by atoms with van der Waals surface area (Å²) in [5, 5.41) is 6.86. The summed E-state index contributed by atoms with van der Waals surface area (Å²) >= 11 is 5.13. The van der Waals surface area contributed by atoms with E-state index in [1.54, 1.807) is 7.11 Å². The fourth-order valence-electron chi connectivity index (χ4n) is 1.67. The molecule has 0 aliphatic carbocycles. The first kappa shape index (κ1) is 16.6. The lowest BCUT2D eigenvalue weighted by atomic mass is 10.2. The number of unbranched alkanes of at least 4 members (excludes halogenated alkanes) is 1. The van der Waals surface area contributed by atoms with Crippen molar-refractivity contribution in [3.63, 3.8) is 0 Å². The third kappa shape index (κ3) is 5.65. The molecule has 0 aliphatic heterocycles. The predicted octanol–water partition coefficient (Wildman–Crippen LogP) is 2.86. The van der Waals surface area contributed by atoms with Gasteiger partial charge in [0.2, 0.25) is 0 Å². The van der Waals surface area contributed by atoms with Gasteiger partial charge in [-0.1, -0.05) is 19.4 Å². The van der Waals surface area contributed by atoms with Gasteiger partial charge in [0.15, 0.2) is 16.6 Å². The fourth-order valence-corrected chi connectivity index (χ4v) is 1.89. The summed E-state index contributed by atoms with van der Waals surface area (Å²) in [6.07, 6.45) is 2.16. The van der Waals surface area contributed by atoms with E-state index in [2.05, 4.69) is 17.6 Å². The van der Waals surface area contributed by atoms with Crippen LogP contribution < -0.4 is 20.1 Å². The van der Waals surface area contributed by atoms with Crippen LogP contribution in [0, 0.1) is 0 Å². The largest absolute Gasteiger partial charge is 0.493 e. The van der Waals surface area contributed by atoms with Crippen LogP contribution >= 0.6 is 12.2 Å². The van der Waals surface area contributed by atoms with Gasteiger partial charge >= 0.3 is 0 Å². The maximum Gasteiger partial charge on any atom is 0.166 e. The minimum atomic E-state index is 0.662. The summed E-state index contributed by atoms with van der Waals surface area (Å²) in [7, 11) is 1.66. The SMILES string of the molecule is CCCCOc1ccc(CNC(=S)NCC)cc1OC.